The van der Waals surface area contributed by atoms with Gasteiger partial charge in [0.15, 0.2) is 5.82 Å². The number of aliphatic hydroxyl groups is 1. The first-order valence-corrected chi connectivity index (χ1v) is 15.0. The number of piperidine rings is 1. The van der Waals surface area contributed by atoms with Crippen LogP contribution in [0.1, 0.15) is 43.9 Å². The number of anilines is 3. The first-order valence-electron chi connectivity index (χ1n) is 13.5. The first kappa shape index (κ1) is 26.9. The Morgan fingerprint density at radius 3 is 2.63 bits per heavy atom. The summed E-state index contributed by atoms with van der Waals surface area (Å²) in [6, 6.07) is 5.53. The highest BCUT2D eigenvalue weighted by molar-refractivity contribution is 7.90. The number of rotatable bonds is 7. The Morgan fingerprint density at radius 2 is 1.93 bits per heavy atom. The van der Waals surface area contributed by atoms with Crippen LogP contribution in [0.15, 0.2) is 49.2 Å². The number of nitrogens with zero attached hydrogens (tertiary/aromatic N) is 8. The predicted molar refractivity (Wildman–Crippen MR) is 154 cm³/mol. The number of aromatic nitrogens is 7. The second kappa shape index (κ2) is 10.6. The van der Waals surface area contributed by atoms with E-state index in [-0.39, 0.29) is 17.3 Å². The molecule has 1 saturated carbocycles. The van der Waals surface area contributed by atoms with Crippen LogP contribution >= 0.6 is 0 Å². The number of aliphatic hydroxyl groups excluding tert-OH is 1. The van der Waals surface area contributed by atoms with Gasteiger partial charge < -0.3 is 15.3 Å². The van der Waals surface area contributed by atoms with E-state index in [9.17, 15) is 13.5 Å². The molecule has 4 aromatic rings. The zero-order valence-corrected chi connectivity index (χ0v) is 23.7. The van der Waals surface area contributed by atoms with Gasteiger partial charge in [-0.05, 0) is 49.2 Å². The Balaban J connectivity index is 1.27. The fourth-order valence-electron chi connectivity index (χ4n) is 4.71. The van der Waals surface area contributed by atoms with E-state index in [1.807, 2.05) is 25.4 Å². The second-order valence-electron chi connectivity index (χ2n) is 10.9. The molecule has 5 heterocycles. The molecular formula is C28H31N9O3S. The molecule has 13 heteroatoms. The molecule has 1 aliphatic heterocycles. The monoisotopic (exact) mass is 573 g/mol. The van der Waals surface area contributed by atoms with Crippen molar-refractivity contribution in [2.75, 3.05) is 29.9 Å². The Bertz CT molecular complexity index is 1740. The fraction of sp³-hybridized carbons (Fsp3) is 0.393. The van der Waals surface area contributed by atoms with Crippen molar-refractivity contribution in [1.82, 2.24) is 33.9 Å². The maximum Gasteiger partial charge on any atom is 0.256 e. The van der Waals surface area contributed by atoms with E-state index in [1.165, 1.54) is 12.4 Å². The second-order valence-corrected chi connectivity index (χ2v) is 13.0. The summed E-state index contributed by atoms with van der Waals surface area (Å²) < 4.78 is 27.8. The molecule has 0 radical (unpaired) electrons. The zero-order valence-electron chi connectivity index (χ0n) is 22.9. The van der Waals surface area contributed by atoms with Gasteiger partial charge in [0.25, 0.3) is 10.0 Å². The Kier molecular flexibility index (Phi) is 6.96. The van der Waals surface area contributed by atoms with Gasteiger partial charge in [-0.1, -0.05) is 12.8 Å². The summed E-state index contributed by atoms with van der Waals surface area (Å²) in [4.78, 5) is 15.8. The van der Waals surface area contributed by atoms with Crippen LogP contribution in [0.5, 0.6) is 0 Å². The van der Waals surface area contributed by atoms with Gasteiger partial charge in [0.1, 0.15) is 17.3 Å². The number of nitrogens with one attached hydrogen (secondary N) is 1. The van der Waals surface area contributed by atoms with Crippen molar-refractivity contribution < 1.29 is 13.5 Å². The van der Waals surface area contributed by atoms with Crippen LogP contribution in [0.3, 0.4) is 0 Å². The van der Waals surface area contributed by atoms with E-state index in [0.29, 0.717) is 41.6 Å². The third-order valence-electron chi connectivity index (χ3n) is 7.55. The predicted octanol–water partition coefficient (Wildman–Crippen LogP) is 2.55. The van der Waals surface area contributed by atoms with E-state index < -0.39 is 10.0 Å². The quantitative estimate of drug-likeness (QED) is 0.317. The highest BCUT2D eigenvalue weighted by atomic mass is 32.2. The lowest BCUT2D eigenvalue weighted by Crippen LogP contribution is -2.40. The van der Waals surface area contributed by atoms with Gasteiger partial charge in [0.05, 0.1) is 34.5 Å². The number of hydrogen-bond donors (Lipinski definition) is 2. The molecule has 0 atom stereocenters. The summed E-state index contributed by atoms with van der Waals surface area (Å²) >= 11 is 0. The fourth-order valence-corrected chi connectivity index (χ4v) is 6.18. The standard InChI is InChI=1S/C28H31N9O3S/c1-28(19-38)9-13-36(14-10-28)24-15-26(30-16-20(24)3-4-22-8-12-35(2)34-22)32-25-7-11-29-27(33-25)21-17-31-37(18-21)41(39,40)23-5-6-23/h7-8,11-12,15-18,23,38H,5-6,9-10,13-14,19H2,1-2H3,(H,29,30,32,33). The molecule has 1 aliphatic carbocycles. The van der Waals surface area contributed by atoms with Gasteiger partial charge in [0, 0.05) is 51.4 Å². The minimum Gasteiger partial charge on any atom is -0.396 e. The van der Waals surface area contributed by atoms with Crippen molar-refractivity contribution in [3.63, 3.8) is 0 Å². The smallest absolute Gasteiger partial charge is 0.256 e. The molecule has 0 unspecified atom stereocenters. The minimum atomic E-state index is -3.47. The summed E-state index contributed by atoms with van der Waals surface area (Å²) in [6.07, 6.45) is 11.2. The van der Waals surface area contributed by atoms with Crippen molar-refractivity contribution in [2.45, 2.75) is 37.9 Å². The maximum absolute atomic E-state index is 12.5. The summed E-state index contributed by atoms with van der Waals surface area (Å²) in [7, 11) is -1.62. The van der Waals surface area contributed by atoms with Crippen LogP contribution < -0.4 is 10.2 Å². The van der Waals surface area contributed by atoms with Crippen LogP contribution in [0.2, 0.25) is 0 Å². The molecule has 12 nitrogen and oxygen atoms in total. The topological polar surface area (TPSA) is 144 Å². The zero-order chi connectivity index (χ0) is 28.6. The van der Waals surface area contributed by atoms with Gasteiger partial charge in [-0.3, -0.25) is 4.68 Å². The van der Waals surface area contributed by atoms with E-state index in [1.54, 1.807) is 23.1 Å². The molecule has 0 spiro atoms. The molecule has 2 fully saturated rings. The SMILES string of the molecule is Cn1ccc(C#Cc2cnc(Nc3ccnc(-c4cnn(S(=O)(=O)C5CC5)c4)n3)cc2N2CCC(C)(CO)CC2)n1. The first-order chi connectivity index (χ1) is 19.7. The Labute approximate surface area is 238 Å². The molecule has 1 saturated heterocycles. The van der Waals surface area contributed by atoms with Gasteiger partial charge in [-0.2, -0.15) is 14.3 Å². The number of aryl methyl sites for hydroxylation is 1. The van der Waals surface area contributed by atoms with E-state index >= 15 is 0 Å². The van der Waals surface area contributed by atoms with Gasteiger partial charge in [0.2, 0.25) is 0 Å². The molecule has 0 bridgehead atoms. The summed E-state index contributed by atoms with van der Waals surface area (Å²) in [6.45, 7) is 3.84. The number of hydrogen-bond acceptors (Lipinski definition) is 10. The summed E-state index contributed by atoms with van der Waals surface area (Å²) in [5, 5.41) is 21.1. The van der Waals surface area contributed by atoms with Crippen molar-refractivity contribution in [2.24, 2.45) is 12.5 Å². The third-order valence-corrected chi connectivity index (χ3v) is 9.59. The molecular weight excluding hydrogens is 542 g/mol. The van der Waals surface area contributed by atoms with Gasteiger partial charge in [-0.25, -0.2) is 23.4 Å². The van der Waals surface area contributed by atoms with Gasteiger partial charge in [-0.15, -0.1) is 0 Å². The molecule has 6 rings (SSSR count). The van der Waals surface area contributed by atoms with Crippen LogP contribution in [0.4, 0.5) is 17.3 Å². The molecule has 2 N–H and O–H groups in total. The van der Waals surface area contributed by atoms with Crippen LogP contribution in [-0.2, 0) is 17.1 Å². The number of pyridine rings is 1. The Hall–Kier alpha value is -4.28. The van der Waals surface area contributed by atoms with E-state index in [4.69, 9.17) is 0 Å². The highest BCUT2D eigenvalue weighted by Gasteiger charge is 2.37. The van der Waals surface area contributed by atoms with E-state index in [2.05, 4.69) is 54.1 Å². The third kappa shape index (κ3) is 5.79. The average molecular weight is 574 g/mol. The van der Waals surface area contributed by atoms with Crippen molar-refractivity contribution >= 4 is 27.3 Å². The van der Waals surface area contributed by atoms with Crippen molar-refractivity contribution in [3.05, 3.63) is 60.4 Å². The molecule has 41 heavy (non-hydrogen) atoms. The maximum atomic E-state index is 12.5. The lowest BCUT2D eigenvalue weighted by molar-refractivity contribution is 0.115. The van der Waals surface area contributed by atoms with E-state index in [0.717, 1.165) is 41.3 Å². The molecule has 2 aliphatic rings. The van der Waals surface area contributed by atoms with Crippen LogP contribution in [-0.4, -0.2) is 72.4 Å². The summed E-state index contributed by atoms with van der Waals surface area (Å²) in [5.74, 6) is 7.79. The Morgan fingerprint density at radius 1 is 1.12 bits per heavy atom. The van der Waals surface area contributed by atoms with Crippen LogP contribution in [0, 0.1) is 17.3 Å². The minimum absolute atomic E-state index is 0.0897. The molecule has 4 aromatic heterocycles. The highest BCUT2D eigenvalue weighted by Crippen LogP contribution is 2.35. The van der Waals surface area contributed by atoms with Crippen molar-refractivity contribution in [3.8, 4) is 23.2 Å². The molecule has 0 aromatic carbocycles. The average Bonchev–Trinajstić information content (AvgIpc) is 3.58. The molecule has 0 amide bonds. The lowest BCUT2D eigenvalue weighted by atomic mass is 9.81. The largest absolute Gasteiger partial charge is 0.396 e. The lowest BCUT2D eigenvalue weighted by Gasteiger charge is -2.39. The molecule has 212 valence electrons. The summed E-state index contributed by atoms with van der Waals surface area (Å²) in [5.41, 5.74) is 2.81. The van der Waals surface area contributed by atoms with Crippen molar-refractivity contribution in [1.29, 1.82) is 0 Å². The van der Waals surface area contributed by atoms with Crippen LogP contribution in [0.25, 0.3) is 11.4 Å². The normalized spacial score (nSPS) is 16.7. The van der Waals surface area contributed by atoms with Gasteiger partial charge >= 0.3 is 0 Å².